The smallest absolute Gasteiger partial charge is 0.338 e. The summed E-state index contributed by atoms with van der Waals surface area (Å²) in [6.45, 7) is 10.7. The molecule has 2 nitrogen and oxygen atoms in total. The highest BCUT2D eigenvalue weighted by Gasteiger charge is 2.18. The molecule has 2 rings (SSSR count). The summed E-state index contributed by atoms with van der Waals surface area (Å²) in [4.78, 5) is 12.4. The summed E-state index contributed by atoms with van der Waals surface area (Å²) in [6.07, 6.45) is 0. The van der Waals surface area contributed by atoms with Crippen molar-refractivity contribution in [2.24, 2.45) is 0 Å². The molecule has 0 saturated carbocycles. The molecule has 22 heavy (non-hydrogen) atoms. The molecule has 0 aliphatic heterocycles. The van der Waals surface area contributed by atoms with Gasteiger partial charge in [-0.25, -0.2) is 4.79 Å². The normalized spacial score (nSPS) is 11.1. The van der Waals surface area contributed by atoms with Gasteiger partial charge in [0, 0.05) is 0 Å². The van der Waals surface area contributed by atoms with Crippen molar-refractivity contribution in [3.8, 4) is 0 Å². The SMILES string of the molecule is CCOC(=O)c1c(C)ccc(C)c1[SiH2]c1cccc(C)c1C. The Hall–Kier alpha value is -1.87. The predicted molar refractivity (Wildman–Crippen MR) is 95.6 cm³/mol. The molecule has 0 heterocycles. The van der Waals surface area contributed by atoms with Crippen LogP contribution in [0.1, 0.15) is 39.5 Å². The van der Waals surface area contributed by atoms with Gasteiger partial charge >= 0.3 is 5.97 Å². The summed E-state index contributed by atoms with van der Waals surface area (Å²) in [5, 5.41) is 2.62. The van der Waals surface area contributed by atoms with Crippen LogP contribution in [0.5, 0.6) is 0 Å². The van der Waals surface area contributed by atoms with Crippen LogP contribution in [0.15, 0.2) is 30.3 Å². The molecule has 0 saturated heterocycles. The van der Waals surface area contributed by atoms with Crippen molar-refractivity contribution in [2.45, 2.75) is 34.6 Å². The standard InChI is InChI=1S/C19H24O2Si/c1-6-21-19(20)17-13(3)10-11-14(4)18(17)22-16-9-7-8-12(2)15(16)5/h7-11H,6,22H2,1-5H3. The first kappa shape index (κ1) is 16.5. The van der Waals surface area contributed by atoms with Gasteiger partial charge in [-0.3, -0.25) is 0 Å². The zero-order valence-corrected chi connectivity index (χ0v) is 15.5. The lowest BCUT2D eigenvalue weighted by molar-refractivity contribution is 0.0527. The van der Waals surface area contributed by atoms with E-state index in [-0.39, 0.29) is 5.97 Å². The average molecular weight is 312 g/mol. The summed E-state index contributed by atoms with van der Waals surface area (Å²) in [6, 6.07) is 10.6. The summed E-state index contributed by atoms with van der Waals surface area (Å²) < 4.78 is 5.28. The van der Waals surface area contributed by atoms with Crippen molar-refractivity contribution in [3.05, 3.63) is 58.1 Å². The third-order valence-electron chi connectivity index (χ3n) is 4.32. The van der Waals surface area contributed by atoms with Crippen LogP contribution in [-0.4, -0.2) is 22.1 Å². The van der Waals surface area contributed by atoms with E-state index in [0.29, 0.717) is 6.61 Å². The third-order valence-corrected chi connectivity index (χ3v) is 6.73. The maximum atomic E-state index is 12.4. The molecule has 0 spiro atoms. The van der Waals surface area contributed by atoms with Gasteiger partial charge in [0.25, 0.3) is 0 Å². The Bertz CT molecular complexity index is 705. The highest BCUT2D eigenvalue weighted by atomic mass is 28.2. The number of benzene rings is 2. The topological polar surface area (TPSA) is 26.3 Å². The fraction of sp³-hybridized carbons (Fsp3) is 0.316. The molecule has 0 fully saturated rings. The highest BCUT2D eigenvalue weighted by molar-refractivity contribution is 6.69. The first-order valence-corrected chi connectivity index (χ1v) is 9.18. The largest absolute Gasteiger partial charge is 0.462 e. The Morgan fingerprint density at radius 1 is 1.00 bits per heavy atom. The molecular weight excluding hydrogens is 288 g/mol. The van der Waals surface area contributed by atoms with Crippen molar-refractivity contribution in [3.63, 3.8) is 0 Å². The fourth-order valence-corrected chi connectivity index (χ4v) is 4.95. The summed E-state index contributed by atoms with van der Waals surface area (Å²) >= 11 is 0. The average Bonchev–Trinajstić information content (AvgIpc) is 2.48. The van der Waals surface area contributed by atoms with Gasteiger partial charge in [0.2, 0.25) is 0 Å². The number of carbonyl (C=O) groups is 1. The van der Waals surface area contributed by atoms with Crippen molar-refractivity contribution >= 4 is 25.9 Å². The molecule has 116 valence electrons. The first-order valence-electron chi connectivity index (χ1n) is 7.77. The molecular formula is C19H24O2Si. The van der Waals surface area contributed by atoms with Gasteiger partial charge in [-0.1, -0.05) is 41.1 Å². The van der Waals surface area contributed by atoms with Gasteiger partial charge in [-0.05, 0) is 56.5 Å². The second-order valence-corrected chi connectivity index (χ2v) is 7.63. The highest BCUT2D eigenvalue weighted by Crippen LogP contribution is 2.11. The van der Waals surface area contributed by atoms with E-state index in [0.717, 1.165) is 11.1 Å². The number of hydrogen-bond donors (Lipinski definition) is 0. The Kier molecular flexibility index (Phi) is 5.19. The lowest BCUT2D eigenvalue weighted by atomic mass is 10.1. The van der Waals surface area contributed by atoms with Gasteiger partial charge in [0.15, 0.2) is 0 Å². The van der Waals surface area contributed by atoms with Gasteiger partial charge in [0.1, 0.15) is 0 Å². The molecule has 0 N–H and O–H groups in total. The van der Waals surface area contributed by atoms with E-state index in [4.69, 9.17) is 4.74 Å². The molecule has 0 aliphatic rings. The number of rotatable bonds is 4. The van der Waals surface area contributed by atoms with E-state index in [9.17, 15) is 4.79 Å². The Morgan fingerprint density at radius 2 is 1.68 bits per heavy atom. The number of ether oxygens (including phenoxy) is 1. The quantitative estimate of drug-likeness (QED) is 0.639. The van der Waals surface area contributed by atoms with Crippen molar-refractivity contribution < 1.29 is 9.53 Å². The van der Waals surface area contributed by atoms with Crippen LogP contribution in [0.3, 0.4) is 0 Å². The minimum atomic E-state index is -0.724. The minimum Gasteiger partial charge on any atom is -0.462 e. The zero-order valence-electron chi connectivity index (χ0n) is 14.1. The summed E-state index contributed by atoms with van der Waals surface area (Å²) in [7, 11) is -0.724. The lowest BCUT2D eigenvalue weighted by Gasteiger charge is -2.16. The molecule has 0 aromatic heterocycles. The second kappa shape index (κ2) is 6.92. The van der Waals surface area contributed by atoms with Crippen LogP contribution in [-0.2, 0) is 4.74 Å². The molecule has 0 bridgehead atoms. The molecule has 0 radical (unpaired) electrons. The molecule has 0 amide bonds. The van der Waals surface area contributed by atoms with E-state index in [1.165, 1.54) is 27.1 Å². The van der Waals surface area contributed by atoms with Crippen molar-refractivity contribution in [1.82, 2.24) is 0 Å². The molecule has 2 aromatic carbocycles. The zero-order chi connectivity index (χ0) is 16.3. The van der Waals surface area contributed by atoms with Crippen molar-refractivity contribution in [2.75, 3.05) is 6.61 Å². The van der Waals surface area contributed by atoms with Crippen LogP contribution in [0.2, 0.25) is 0 Å². The Labute approximate surface area is 135 Å². The van der Waals surface area contributed by atoms with E-state index >= 15 is 0 Å². The van der Waals surface area contributed by atoms with E-state index in [2.05, 4.69) is 45.0 Å². The lowest BCUT2D eigenvalue weighted by Crippen LogP contribution is -2.36. The van der Waals surface area contributed by atoms with Crippen LogP contribution in [0, 0.1) is 27.7 Å². The maximum absolute atomic E-state index is 12.4. The Balaban J connectivity index is 2.52. The van der Waals surface area contributed by atoms with Gasteiger partial charge < -0.3 is 4.74 Å². The van der Waals surface area contributed by atoms with Crippen LogP contribution < -0.4 is 10.4 Å². The number of esters is 1. The number of aryl methyl sites for hydroxylation is 3. The van der Waals surface area contributed by atoms with Gasteiger partial charge in [0.05, 0.1) is 21.7 Å². The third kappa shape index (κ3) is 3.30. The summed E-state index contributed by atoms with van der Waals surface area (Å²) in [5.74, 6) is -0.184. The number of hydrogen-bond acceptors (Lipinski definition) is 2. The van der Waals surface area contributed by atoms with Crippen LogP contribution >= 0.6 is 0 Å². The Morgan fingerprint density at radius 3 is 2.36 bits per heavy atom. The van der Waals surface area contributed by atoms with E-state index in [1.54, 1.807) is 0 Å². The predicted octanol–water partition coefficient (Wildman–Crippen LogP) is 2.22. The van der Waals surface area contributed by atoms with Crippen LogP contribution in [0.25, 0.3) is 0 Å². The fourth-order valence-electron chi connectivity index (χ4n) is 2.78. The second-order valence-electron chi connectivity index (χ2n) is 5.81. The van der Waals surface area contributed by atoms with Crippen LogP contribution in [0.4, 0.5) is 0 Å². The van der Waals surface area contributed by atoms with Gasteiger partial charge in [-0.2, -0.15) is 0 Å². The minimum absolute atomic E-state index is 0.184. The summed E-state index contributed by atoms with van der Waals surface area (Å²) in [5.41, 5.74) is 5.66. The maximum Gasteiger partial charge on any atom is 0.338 e. The number of carbonyl (C=O) groups excluding carboxylic acids is 1. The monoisotopic (exact) mass is 312 g/mol. The molecule has 2 aromatic rings. The molecule has 0 unspecified atom stereocenters. The van der Waals surface area contributed by atoms with Crippen molar-refractivity contribution in [1.29, 1.82) is 0 Å². The van der Waals surface area contributed by atoms with E-state index in [1.807, 2.05) is 19.9 Å². The first-order chi connectivity index (χ1) is 10.5. The van der Waals surface area contributed by atoms with E-state index < -0.39 is 9.52 Å². The molecule has 3 heteroatoms. The van der Waals surface area contributed by atoms with Gasteiger partial charge in [-0.15, -0.1) is 0 Å². The molecule has 0 atom stereocenters. The molecule has 0 aliphatic carbocycles.